The maximum absolute atomic E-state index is 6.68. The molecule has 0 spiro atoms. The molecular weight excluding hydrogens is 711 g/mol. The van der Waals surface area contributed by atoms with Gasteiger partial charge in [0.2, 0.25) is 0 Å². The molecule has 7 heteroatoms. The van der Waals surface area contributed by atoms with Crippen molar-refractivity contribution >= 4 is 21.8 Å². The van der Waals surface area contributed by atoms with Crippen molar-refractivity contribution in [1.29, 1.82) is 0 Å². The summed E-state index contributed by atoms with van der Waals surface area (Å²) in [6.07, 6.45) is 1.76. The second kappa shape index (κ2) is 13.9. The number of methoxy groups -OCH3 is 1. The summed E-state index contributed by atoms with van der Waals surface area (Å²) in [6.45, 7) is 15.5. The van der Waals surface area contributed by atoms with Gasteiger partial charge in [0, 0.05) is 34.8 Å². The van der Waals surface area contributed by atoms with Crippen molar-refractivity contribution in [3.8, 4) is 39.9 Å². The number of ether oxygens (including phenoxy) is 2. The molecule has 0 amide bonds. The molecule has 0 atom stereocenters. The smallest absolute Gasteiger partial charge is 0.509 e. The van der Waals surface area contributed by atoms with Crippen molar-refractivity contribution < 1.29 is 29.9 Å². The number of benzene rings is 4. The molecule has 50 heavy (non-hydrogen) atoms. The minimum atomic E-state index is -0.144. The van der Waals surface area contributed by atoms with Crippen LogP contribution < -0.4 is 9.47 Å². The number of hydrogen-bond acceptors (Lipinski definition) is 4. The Kier molecular flexibility index (Phi) is 9.77. The molecule has 7 rings (SSSR count). The first-order chi connectivity index (χ1) is 23.5. The van der Waals surface area contributed by atoms with Crippen molar-refractivity contribution in [1.82, 2.24) is 19.3 Å². The van der Waals surface area contributed by atoms with E-state index in [2.05, 4.69) is 137 Å². The van der Waals surface area contributed by atoms with Crippen LogP contribution in [-0.4, -0.2) is 26.4 Å². The largest absolute Gasteiger partial charge is 2.00 e. The monoisotopic (exact) mass is 752 g/mol. The van der Waals surface area contributed by atoms with E-state index in [1.54, 1.807) is 13.3 Å². The molecule has 4 aromatic carbocycles. The third kappa shape index (κ3) is 6.49. The van der Waals surface area contributed by atoms with Crippen molar-refractivity contribution in [2.75, 3.05) is 7.11 Å². The third-order valence-electron chi connectivity index (χ3n) is 8.99. The Bertz CT molecular complexity index is 2290. The zero-order valence-corrected chi connectivity index (χ0v) is 31.4. The van der Waals surface area contributed by atoms with Crippen LogP contribution in [0.5, 0.6) is 17.2 Å². The zero-order valence-electron chi connectivity index (χ0n) is 29.8. The van der Waals surface area contributed by atoms with Gasteiger partial charge in [0.05, 0.1) is 18.5 Å². The van der Waals surface area contributed by atoms with Crippen LogP contribution in [0.2, 0.25) is 0 Å². The summed E-state index contributed by atoms with van der Waals surface area (Å²) in [5.41, 5.74) is 8.34. The van der Waals surface area contributed by atoms with E-state index >= 15 is 0 Å². The maximum atomic E-state index is 6.68. The van der Waals surface area contributed by atoms with Gasteiger partial charge in [-0.05, 0) is 46.0 Å². The summed E-state index contributed by atoms with van der Waals surface area (Å²) < 4.78 is 16.4. The van der Waals surface area contributed by atoms with E-state index in [0.29, 0.717) is 11.5 Å². The van der Waals surface area contributed by atoms with Gasteiger partial charge in [-0.2, -0.15) is 11.2 Å². The van der Waals surface area contributed by atoms with Gasteiger partial charge in [-0.1, -0.05) is 103 Å². The Morgan fingerprint density at radius 3 is 2.20 bits per heavy atom. The van der Waals surface area contributed by atoms with E-state index in [1.807, 2.05) is 24.3 Å². The van der Waals surface area contributed by atoms with Crippen LogP contribution in [-0.2, 0) is 25.8 Å². The fourth-order valence-electron chi connectivity index (χ4n) is 6.54. The average Bonchev–Trinajstić information content (AvgIpc) is 3.65. The first-order valence-electron chi connectivity index (χ1n) is 16.9. The number of fused-ring (bicyclic) bond motifs is 3. The molecule has 3 heterocycles. The molecule has 0 bridgehead atoms. The van der Waals surface area contributed by atoms with Crippen molar-refractivity contribution in [3.63, 3.8) is 0 Å². The Morgan fingerprint density at radius 2 is 1.50 bits per heavy atom. The number of rotatable bonds is 8. The van der Waals surface area contributed by atoms with Crippen molar-refractivity contribution in [3.05, 3.63) is 126 Å². The molecule has 0 unspecified atom stereocenters. The van der Waals surface area contributed by atoms with E-state index < -0.39 is 0 Å². The van der Waals surface area contributed by atoms with E-state index in [-0.39, 0.29) is 37.7 Å². The van der Waals surface area contributed by atoms with Gasteiger partial charge in [-0.25, -0.2) is 4.98 Å². The quantitative estimate of drug-likeness (QED) is 0.115. The van der Waals surface area contributed by atoms with E-state index in [9.17, 15) is 0 Å². The number of pyridine rings is 1. The van der Waals surface area contributed by atoms with Crippen molar-refractivity contribution in [2.45, 2.75) is 65.7 Å². The summed E-state index contributed by atoms with van der Waals surface area (Å²) in [5, 5.41) is 7.45. The molecule has 256 valence electrons. The normalized spacial score (nSPS) is 11.8. The molecule has 0 saturated heterocycles. The Morgan fingerprint density at radius 1 is 0.760 bits per heavy atom. The molecule has 0 radical (unpaired) electrons. The van der Waals surface area contributed by atoms with Gasteiger partial charge >= 0.3 is 20.4 Å². The van der Waals surface area contributed by atoms with Gasteiger partial charge in [0.25, 0.3) is 0 Å². The van der Waals surface area contributed by atoms with Gasteiger partial charge in [0.15, 0.2) is 0 Å². The van der Waals surface area contributed by atoms with Crippen LogP contribution in [0.25, 0.3) is 44.4 Å². The summed E-state index contributed by atoms with van der Waals surface area (Å²) in [6, 6.07) is 38.3. The number of para-hydroxylation sites is 1. The molecule has 3 aromatic heterocycles. The molecule has 0 aliphatic heterocycles. The molecular formula is C43H42N4O2Pd. The van der Waals surface area contributed by atoms with Crippen LogP contribution in [0.15, 0.2) is 97.2 Å². The van der Waals surface area contributed by atoms with Crippen LogP contribution in [0.1, 0.15) is 77.3 Å². The maximum Gasteiger partial charge on any atom is 2.00 e. The minimum Gasteiger partial charge on any atom is -0.509 e. The van der Waals surface area contributed by atoms with Gasteiger partial charge in [0.1, 0.15) is 11.6 Å². The first kappa shape index (κ1) is 35.1. The number of hydrogen-bond donors (Lipinski definition) is 0. The Hall–Kier alpha value is -4.70. The number of aromatic nitrogens is 4. The molecule has 0 saturated carbocycles. The standard InChI is InChI=1S/C43H42N4O2.Pd/c1-27(2)41-40(29-14-10-9-11-15-29)42(28(3)4)47(45-41)31-22-30(43(5,6)7)23-34(24-31)49-33-18-19-36-35-16-12-13-17-37(35)46(38(36)25-33)39-26-32(48-8)20-21-44-39;/h9-23,26-28H,1-8H3;/q-2;+2. The van der Waals surface area contributed by atoms with E-state index in [0.717, 1.165) is 56.0 Å². The molecule has 0 N–H and O–H groups in total. The summed E-state index contributed by atoms with van der Waals surface area (Å²) in [7, 11) is 1.67. The molecule has 0 aliphatic rings. The van der Waals surface area contributed by atoms with E-state index in [4.69, 9.17) is 19.6 Å². The van der Waals surface area contributed by atoms with Crippen LogP contribution in [0, 0.1) is 12.1 Å². The second-order valence-corrected chi connectivity index (χ2v) is 14.2. The predicted octanol–water partition coefficient (Wildman–Crippen LogP) is 11.0. The van der Waals surface area contributed by atoms with Crippen LogP contribution in [0.3, 0.4) is 0 Å². The molecule has 7 aromatic rings. The fourth-order valence-corrected chi connectivity index (χ4v) is 6.54. The summed E-state index contributed by atoms with van der Waals surface area (Å²) in [4.78, 5) is 4.70. The van der Waals surface area contributed by atoms with Gasteiger partial charge in [-0.15, -0.1) is 41.3 Å². The molecule has 6 nitrogen and oxygen atoms in total. The van der Waals surface area contributed by atoms with E-state index in [1.165, 1.54) is 11.1 Å². The summed E-state index contributed by atoms with van der Waals surface area (Å²) >= 11 is 0. The number of nitrogens with zero attached hydrogens (tertiary/aromatic N) is 4. The third-order valence-corrected chi connectivity index (χ3v) is 8.99. The predicted molar refractivity (Wildman–Crippen MR) is 199 cm³/mol. The van der Waals surface area contributed by atoms with Crippen LogP contribution >= 0.6 is 0 Å². The second-order valence-electron chi connectivity index (χ2n) is 14.2. The minimum absolute atomic E-state index is 0. The SMILES string of the molecule is COc1ccnc(-n2c3[c-]c(Oc4[c-]c(-n5nc(C(C)C)c(-c6ccccc6)c5C(C)C)cc(C(C)(C)C)c4)ccc3c3ccccc32)c1.[Pd+2]. The summed E-state index contributed by atoms with van der Waals surface area (Å²) in [5.74, 6) is 3.14. The molecule has 0 aliphatic carbocycles. The topological polar surface area (TPSA) is 54.1 Å². The van der Waals surface area contributed by atoms with Gasteiger partial charge < -0.3 is 14.0 Å². The van der Waals surface area contributed by atoms with Gasteiger partial charge in [-0.3, -0.25) is 4.68 Å². The average molecular weight is 753 g/mol. The first-order valence-corrected chi connectivity index (χ1v) is 16.9. The van der Waals surface area contributed by atoms with Crippen LogP contribution in [0.4, 0.5) is 0 Å². The Balaban J connectivity index is 0.00000432. The Labute approximate surface area is 308 Å². The van der Waals surface area contributed by atoms with Crippen molar-refractivity contribution in [2.24, 2.45) is 0 Å². The fraction of sp³-hybridized carbons (Fsp3) is 0.256. The molecule has 0 fully saturated rings. The zero-order chi connectivity index (χ0) is 34.4.